The zero-order valence-corrected chi connectivity index (χ0v) is 12.2. The Kier molecular flexibility index (Phi) is 8.95. The highest BCUT2D eigenvalue weighted by Gasteiger charge is 2.24. The SMILES string of the molecule is CCC(C)[C@H](NC(=O)NCCOCC(C)C)C(=O)O. The molecule has 0 aromatic heterocycles. The standard InChI is InChI=1S/C13H26N2O4/c1-5-10(4)11(12(16)17)15-13(18)14-6-7-19-8-9(2)3/h9-11H,5-8H2,1-4H3,(H,16,17)(H2,14,15,18)/t10?,11-/m0/s1. The molecule has 0 aromatic carbocycles. The molecule has 0 fully saturated rings. The zero-order chi connectivity index (χ0) is 14.8. The van der Waals surface area contributed by atoms with E-state index >= 15 is 0 Å². The summed E-state index contributed by atoms with van der Waals surface area (Å²) in [4.78, 5) is 22.6. The Hall–Kier alpha value is -1.30. The predicted molar refractivity (Wildman–Crippen MR) is 73.1 cm³/mol. The third kappa shape index (κ3) is 8.42. The number of rotatable bonds is 9. The van der Waals surface area contributed by atoms with Gasteiger partial charge in [-0.15, -0.1) is 0 Å². The molecule has 6 heteroatoms. The number of hydrogen-bond acceptors (Lipinski definition) is 3. The highest BCUT2D eigenvalue weighted by molar-refractivity contribution is 5.82. The van der Waals surface area contributed by atoms with Gasteiger partial charge in [0.2, 0.25) is 0 Å². The van der Waals surface area contributed by atoms with Gasteiger partial charge < -0.3 is 20.5 Å². The monoisotopic (exact) mass is 274 g/mol. The summed E-state index contributed by atoms with van der Waals surface area (Å²) in [6.07, 6.45) is 0.689. The van der Waals surface area contributed by atoms with E-state index in [0.29, 0.717) is 32.1 Å². The van der Waals surface area contributed by atoms with E-state index in [4.69, 9.17) is 9.84 Å². The van der Waals surface area contributed by atoms with Gasteiger partial charge in [-0.1, -0.05) is 34.1 Å². The van der Waals surface area contributed by atoms with Crippen molar-refractivity contribution in [3.63, 3.8) is 0 Å². The van der Waals surface area contributed by atoms with Gasteiger partial charge in [0, 0.05) is 13.2 Å². The minimum Gasteiger partial charge on any atom is -0.480 e. The lowest BCUT2D eigenvalue weighted by molar-refractivity contribution is -0.140. The van der Waals surface area contributed by atoms with Crippen LogP contribution in [0.25, 0.3) is 0 Å². The molecule has 112 valence electrons. The summed E-state index contributed by atoms with van der Waals surface area (Å²) in [5.41, 5.74) is 0. The highest BCUT2D eigenvalue weighted by atomic mass is 16.5. The largest absolute Gasteiger partial charge is 0.480 e. The molecule has 0 spiro atoms. The van der Waals surface area contributed by atoms with E-state index in [1.165, 1.54) is 0 Å². The number of amides is 2. The van der Waals surface area contributed by atoms with Crippen LogP contribution >= 0.6 is 0 Å². The first kappa shape index (κ1) is 17.7. The Labute approximate surface area is 114 Å². The van der Waals surface area contributed by atoms with Gasteiger partial charge in [-0.2, -0.15) is 0 Å². The smallest absolute Gasteiger partial charge is 0.326 e. The molecule has 0 saturated heterocycles. The molecule has 0 saturated carbocycles. The summed E-state index contributed by atoms with van der Waals surface area (Å²) >= 11 is 0. The van der Waals surface area contributed by atoms with Crippen LogP contribution in [0.3, 0.4) is 0 Å². The quantitative estimate of drug-likeness (QED) is 0.555. The summed E-state index contributed by atoms with van der Waals surface area (Å²) in [5.74, 6) is -0.670. The van der Waals surface area contributed by atoms with Gasteiger partial charge >= 0.3 is 12.0 Å². The van der Waals surface area contributed by atoms with E-state index in [0.717, 1.165) is 0 Å². The van der Waals surface area contributed by atoms with Crippen molar-refractivity contribution in [3.8, 4) is 0 Å². The van der Waals surface area contributed by atoms with Crippen LogP contribution in [-0.2, 0) is 9.53 Å². The van der Waals surface area contributed by atoms with Crippen LogP contribution in [0, 0.1) is 11.8 Å². The summed E-state index contributed by atoms with van der Waals surface area (Å²) in [7, 11) is 0. The van der Waals surface area contributed by atoms with Crippen LogP contribution in [0.2, 0.25) is 0 Å². The number of carbonyl (C=O) groups excluding carboxylic acids is 1. The minimum absolute atomic E-state index is 0.111. The Morgan fingerprint density at radius 3 is 2.37 bits per heavy atom. The summed E-state index contributed by atoms with van der Waals surface area (Å²) < 4.78 is 5.31. The van der Waals surface area contributed by atoms with Crippen molar-refractivity contribution >= 4 is 12.0 Å². The fourth-order valence-electron chi connectivity index (χ4n) is 1.43. The van der Waals surface area contributed by atoms with Crippen LogP contribution in [0.5, 0.6) is 0 Å². The van der Waals surface area contributed by atoms with E-state index in [9.17, 15) is 9.59 Å². The second kappa shape index (κ2) is 9.61. The molecule has 0 aromatic rings. The molecule has 1 unspecified atom stereocenters. The minimum atomic E-state index is -1.01. The first-order valence-corrected chi connectivity index (χ1v) is 6.73. The van der Waals surface area contributed by atoms with Gasteiger partial charge in [0.05, 0.1) is 6.61 Å². The Morgan fingerprint density at radius 2 is 1.89 bits per heavy atom. The lowest BCUT2D eigenvalue weighted by Gasteiger charge is -2.20. The molecule has 0 aliphatic carbocycles. The van der Waals surface area contributed by atoms with Crippen LogP contribution < -0.4 is 10.6 Å². The summed E-state index contributed by atoms with van der Waals surface area (Å²) in [6, 6.07) is -1.33. The van der Waals surface area contributed by atoms with E-state index in [1.807, 2.05) is 20.8 Å². The van der Waals surface area contributed by atoms with Crippen molar-refractivity contribution in [1.29, 1.82) is 0 Å². The number of carboxylic acids is 1. The van der Waals surface area contributed by atoms with Gasteiger partial charge in [-0.25, -0.2) is 9.59 Å². The maximum absolute atomic E-state index is 11.5. The lowest BCUT2D eigenvalue weighted by Crippen LogP contribution is -2.49. The molecule has 0 aliphatic rings. The van der Waals surface area contributed by atoms with Crippen molar-refractivity contribution in [2.24, 2.45) is 11.8 Å². The number of aliphatic carboxylic acids is 1. The second-order valence-corrected chi connectivity index (χ2v) is 5.07. The average molecular weight is 274 g/mol. The van der Waals surface area contributed by atoms with Crippen LogP contribution in [0.15, 0.2) is 0 Å². The second-order valence-electron chi connectivity index (χ2n) is 5.07. The van der Waals surface area contributed by atoms with E-state index in [1.54, 1.807) is 6.92 Å². The van der Waals surface area contributed by atoms with Crippen LogP contribution in [-0.4, -0.2) is 42.9 Å². The first-order valence-electron chi connectivity index (χ1n) is 6.73. The molecule has 19 heavy (non-hydrogen) atoms. The lowest BCUT2D eigenvalue weighted by atomic mass is 9.99. The molecule has 0 aliphatic heterocycles. The summed E-state index contributed by atoms with van der Waals surface area (Å²) in [5, 5.41) is 14.1. The zero-order valence-electron chi connectivity index (χ0n) is 12.2. The Balaban J connectivity index is 3.91. The maximum Gasteiger partial charge on any atom is 0.326 e. The highest BCUT2D eigenvalue weighted by Crippen LogP contribution is 2.07. The topological polar surface area (TPSA) is 87.7 Å². The summed E-state index contributed by atoms with van der Waals surface area (Å²) in [6.45, 7) is 9.21. The molecular weight excluding hydrogens is 248 g/mol. The third-order valence-corrected chi connectivity index (χ3v) is 2.75. The number of nitrogens with one attached hydrogen (secondary N) is 2. The normalized spacial score (nSPS) is 13.9. The molecule has 0 bridgehead atoms. The van der Waals surface area contributed by atoms with E-state index in [-0.39, 0.29) is 5.92 Å². The molecule has 0 heterocycles. The van der Waals surface area contributed by atoms with Crippen molar-refractivity contribution < 1.29 is 19.4 Å². The van der Waals surface area contributed by atoms with Crippen molar-refractivity contribution in [2.45, 2.75) is 40.2 Å². The number of hydrogen-bond donors (Lipinski definition) is 3. The molecule has 0 rings (SSSR count). The molecule has 2 atom stereocenters. The fourth-order valence-corrected chi connectivity index (χ4v) is 1.43. The Morgan fingerprint density at radius 1 is 1.26 bits per heavy atom. The number of carbonyl (C=O) groups is 2. The molecule has 0 radical (unpaired) electrons. The van der Waals surface area contributed by atoms with E-state index < -0.39 is 18.0 Å². The number of carboxylic acid groups (broad SMARTS) is 1. The first-order chi connectivity index (χ1) is 8.88. The van der Waals surface area contributed by atoms with Crippen LogP contribution in [0.1, 0.15) is 34.1 Å². The molecular formula is C13H26N2O4. The van der Waals surface area contributed by atoms with Crippen molar-refractivity contribution in [2.75, 3.05) is 19.8 Å². The van der Waals surface area contributed by atoms with E-state index in [2.05, 4.69) is 10.6 Å². The van der Waals surface area contributed by atoms with Gasteiger partial charge in [0.15, 0.2) is 0 Å². The molecule has 3 N–H and O–H groups in total. The van der Waals surface area contributed by atoms with Gasteiger partial charge in [0.25, 0.3) is 0 Å². The van der Waals surface area contributed by atoms with Gasteiger partial charge in [-0.05, 0) is 11.8 Å². The maximum atomic E-state index is 11.5. The van der Waals surface area contributed by atoms with Crippen molar-refractivity contribution in [3.05, 3.63) is 0 Å². The van der Waals surface area contributed by atoms with Crippen molar-refractivity contribution in [1.82, 2.24) is 10.6 Å². The molecule has 6 nitrogen and oxygen atoms in total. The molecule has 2 amide bonds. The Bertz CT molecular complexity index is 282. The van der Waals surface area contributed by atoms with Gasteiger partial charge in [-0.3, -0.25) is 0 Å². The third-order valence-electron chi connectivity index (χ3n) is 2.75. The number of urea groups is 1. The number of ether oxygens (including phenoxy) is 1. The fraction of sp³-hybridized carbons (Fsp3) is 0.846. The average Bonchev–Trinajstić information content (AvgIpc) is 2.33. The van der Waals surface area contributed by atoms with Gasteiger partial charge in [0.1, 0.15) is 6.04 Å². The van der Waals surface area contributed by atoms with Crippen LogP contribution in [0.4, 0.5) is 4.79 Å². The predicted octanol–water partition coefficient (Wildman–Crippen LogP) is 1.46.